The number of rotatable bonds is 4. The number of hydrogen-bond donors (Lipinski definition) is 2. The van der Waals surface area contributed by atoms with Crippen molar-refractivity contribution in [3.05, 3.63) is 23.9 Å². The zero-order valence-corrected chi connectivity index (χ0v) is 9.31. The van der Waals surface area contributed by atoms with Gasteiger partial charge in [-0.15, -0.1) is 0 Å². The highest BCUT2D eigenvalue weighted by Gasteiger charge is 2.17. The fourth-order valence-corrected chi connectivity index (χ4v) is 1.38. The number of aliphatic hydroxyl groups is 2. The summed E-state index contributed by atoms with van der Waals surface area (Å²) in [6, 6.07) is 3.23. The fourth-order valence-electron chi connectivity index (χ4n) is 1.03. The lowest BCUT2D eigenvalue weighted by molar-refractivity contribution is 0.0341. The molecule has 2 N–H and O–H groups in total. The Morgan fingerprint density at radius 2 is 2.29 bits per heavy atom. The number of halogens is 1. The van der Waals surface area contributed by atoms with Crippen molar-refractivity contribution in [2.45, 2.75) is 12.2 Å². The van der Waals surface area contributed by atoms with Crippen LogP contribution in [0.15, 0.2) is 18.3 Å². The average molecular weight is 262 g/mol. The molecule has 4 nitrogen and oxygen atoms in total. The van der Waals surface area contributed by atoms with E-state index in [-0.39, 0.29) is 0 Å². The van der Waals surface area contributed by atoms with Gasteiger partial charge in [0.25, 0.3) is 0 Å². The number of aliphatic hydroxyl groups excluding tert-OH is 2. The van der Waals surface area contributed by atoms with Crippen molar-refractivity contribution >= 4 is 15.9 Å². The fraction of sp³-hybridized carbons (Fsp3) is 0.444. The summed E-state index contributed by atoms with van der Waals surface area (Å²) < 4.78 is 4.90. The third kappa shape index (κ3) is 2.67. The molecule has 0 aromatic carbocycles. The molecule has 1 rings (SSSR count). The smallest absolute Gasteiger partial charge is 0.213 e. The molecule has 0 fully saturated rings. The Morgan fingerprint density at radius 1 is 1.57 bits per heavy atom. The summed E-state index contributed by atoms with van der Waals surface area (Å²) in [5.41, 5.74) is 0.587. The van der Waals surface area contributed by atoms with Crippen molar-refractivity contribution in [2.24, 2.45) is 0 Å². The Morgan fingerprint density at radius 3 is 2.86 bits per heavy atom. The van der Waals surface area contributed by atoms with Gasteiger partial charge in [-0.2, -0.15) is 0 Å². The molecule has 5 heteroatoms. The van der Waals surface area contributed by atoms with Gasteiger partial charge in [-0.3, -0.25) is 0 Å². The van der Waals surface area contributed by atoms with Crippen LogP contribution in [0.2, 0.25) is 0 Å². The van der Waals surface area contributed by atoms with E-state index in [0.717, 1.165) is 0 Å². The molecule has 2 atom stereocenters. The van der Waals surface area contributed by atoms with Crippen molar-refractivity contribution in [3.63, 3.8) is 0 Å². The van der Waals surface area contributed by atoms with Gasteiger partial charge in [-0.25, -0.2) is 4.98 Å². The predicted octanol–water partition coefficient (Wildman–Crippen LogP) is 0.879. The molecular formula is C9H12BrNO3. The Hall–Kier alpha value is -0.650. The molecule has 14 heavy (non-hydrogen) atoms. The van der Waals surface area contributed by atoms with E-state index in [1.807, 2.05) is 0 Å². The molecule has 1 aromatic heterocycles. The van der Waals surface area contributed by atoms with Crippen LogP contribution in [0.25, 0.3) is 0 Å². The van der Waals surface area contributed by atoms with E-state index in [0.29, 0.717) is 16.8 Å². The molecular weight excluding hydrogens is 250 g/mol. The van der Waals surface area contributed by atoms with Gasteiger partial charge in [0, 0.05) is 17.6 Å². The highest BCUT2D eigenvalue weighted by molar-refractivity contribution is 9.09. The quantitative estimate of drug-likeness (QED) is 0.791. The largest absolute Gasteiger partial charge is 0.481 e. The second kappa shape index (κ2) is 5.29. The number of pyridine rings is 1. The molecule has 0 saturated carbocycles. The molecule has 0 aliphatic rings. The summed E-state index contributed by atoms with van der Waals surface area (Å²) in [5.74, 6) is 0.420. The van der Waals surface area contributed by atoms with Crippen molar-refractivity contribution in [1.82, 2.24) is 4.98 Å². The number of methoxy groups -OCH3 is 1. The Bertz CT molecular complexity index is 295. The third-order valence-corrected chi connectivity index (χ3v) is 2.50. The maximum Gasteiger partial charge on any atom is 0.213 e. The highest BCUT2D eigenvalue weighted by atomic mass is 79.9. The molecule has 0 radical (unpaired) electrons. The first-order valence-electron chi connectivity index (χ1n) is 4.11. The van der Waals surface area contributed by atoms with E-state index < -0.39 is 12.2 Å². The van der Waals surface area contributed by atoms with E-state index in [2.05, 4.69) is 20.9 Å². The summed E-state index contributed by atoms with van der Waals surface area (Å²) in [6.45, 7) is 0. The minimum absolute atomic E-state index is 0.318. The number of alkyl halides is 1. The minimum Gasteiger partial charge on any atom is -0.481 e. The van der Waals surface area contributed by atoms with E-state index in [1.165, 1.54) is 13.3 Å². The van der Waals surface area contributed by atoms with Crippen molar-refractivity contribution < 1.29 is 14.9 Å². The van der Waals surface area contributed by atoms with Crippen LogP contribution in [0.3, 0.4) is 0 Å². The van der Waals surface area contributed by atoms with Gasteiger partial charge in [0.05, 0.1) is 13.2 Å². The molecule has 0 saturated heterocycles. The van der Waals surface area contributed by atoms with Crippen LogP contribution in [-0.4, -0.2) is 33.7 Å². The second-order valence-electron chi connectivity index (χ2n) is 2.80. The van der Waals surface area contributed by atoms with Crippen LogP contribution in [0.4, 0.5) is 0 Å². The standard InChI is InChI=1S/C9H12BrNO3/c1-14-8-4-6(2-3-11-8)9(13)7(12)5-10/h2-4,7,9,12-13H,5H2,1H3. The molecule has 78 valence electrons. The van der Waals surface area contributed by atoms with E-state index in [4.69, 9.17) is 4.74 Å². The number of hydrogen-bond acceptors (Lipinski definition) is 4. The van der Waals surface area contributed by atoms with Gasteiger partial charge in [0.15, 0.2) is 0 Å². The maximum absolute atomic E-state index is 9.65. The lowest BCUT2D eigenvalue weighted by atomic mass is 10.1. The van der Waals surface area contributed by atoms with Crippen molar-refractivity contribution in [2.75, 3.05) is 12.4 Å². The van der Waals surface area contributed by atoms with Gasteiger partial charge >= 0.3 is 0 Å². The number of ether oxygens (including phenoxy) is 1. The van der Waals surface area contributed by atoms with Crippen LogP contribution in [-0.2, 0) is 0 Å². The van der Waals surface area contributed by atoms with Gasteiger partial charge in [0.1, 0.15) is 6.10 Å². The lowest BCUT2D eigenvalue weighted by Gasteiger charge is -2.15. The number of nitrogens with zero attached hydrogens (tertiary/aromatic N) is 1. The predicted molar refractivity (Wildman–Crippen MR) is 55.5 cm³/mol. The number of aromatic nitrogens is 1. The topological polar surface area (TPSA) is 62.6 Å². The summed E-state index contributed by atoms with van der Waals surface area (Å²) in [7, 11) is 1.50. The van der Waals surface area contributed by atoms with Crippen LogP contribution >= 0.6 is 15.9 Å². The van der Waals surface area contributed by atoms with Crippen molar-refractivity contribution in [3.8, 4) is 5.88 Å². The van der Waals surface area contributed by atoms with Gasteiger partial charge < -0.3 is 14.9 Å². The molecule has 0 bridgehead atoms. The van der Waals surface area contributed by atoms with Crippen LogP contribution in [0, 0.1) is 0 Å². The molecule has 1 aromatic rings. The van der Waals surface area contributed by atoms with Crippen LogP contribution in [0.1, 0.15) is 11.7 Å². The zero-order valence-electron chi connectivity index (χ0n) is 7.72. The van der Waals surface area contributed by atoms with Gasteiger partial charge in [0.2, 0.25) is 5.88 Å². The Labute approximate surface area is 90.7 Å². The summed E-state index contributed by atoms with van der Waals surface area (Å²) in [4.78, 5) is 3.90. The molecule has 0 aliphatic carbocycles. The third-order valence-electron chi connectivity index (χ3n) is 1.83. The zero-order chi connectivity index (χ0) is 10.6. The molecule has 0 aliphatic heterocycles. The van der Waals surface area contributed by atoms with Gasteiger partial charge in [-0.05, 0) is 11.6 Å². The summed E-state index contributed by atoms with van der Waals surface area (Å²) >= 11 is 3.09. The van der Waals surface area contributed by atoms with E-state index >= 15 is 0 Å². The van der Waals surface area contributed by atoms with E-state index in [9.17, 15) is 10.2 Å². The first-order valence-corrected chi connectivity index (χ1v) is 5.23. The average Bonchev–Trinajstić information content (AvgIpc) is 2.27. The summed E-state index contributed by atoms with van der Waals surface area (Å²) in [6.07, 6.45) is -0.230. The van der Waals surface area contributed by atoms with Crippen LogP contribution < -0.4 is 4.74 Å². The Kier molecular flexibility index (Phi) is 4.31. The van der Waals surface area contributed by atoms with Gasteiger partial charge in [-0.1, -0.05) is 15.9 Å². The van der Waals surface area contributed by atoms with Crippen molar-refractivity contribution in [1.29, 1.82) is 0 Å². The molecule has 0 spiro atoms. The molecule has 1 heterocycles. The Balaban J connectivity index is 2.83. The normalized spacial score (nSPS) is 14.9. The monoisotopic (exact) mass is 261 g/mol. The maximum atomic E-state index is 9.65. The first kappa shape index (κ1) is 11.4. The second-order valence-corrected chi connectivity index (χ2v) is 3.45. The highest BCUT2D eigenvalue weighted by Crippen LogP contribution is 2.20. The lowest BCUT2D eigenvalue weighted by Crippen LogP contribution is -2.19. The minimum atomic E-state index is -0.925. The molecule has 0 amide bonds. The molecule has 2 unspecified atom stereocenters. The van der Waals surface area contributed by atoms with Crippen LogP contribution in [0.5, 0.6) is 5.88 Å². The first-order chi connectivity index (χ1) is 6.69. The van der Waals surface area contributed by atoms with E-state index in [1.54, 1.807) is 12.1 Å². The summed E-state index contributed by atoms with van der Waals surface area (Å²) in [5, 5.41) is 19.3. The SMILES string of the molecule is COc1cc(C(O)C(O)CBr)ccn1.